The Kier molecular flexibility index (Phi) is 7.98. The summed E-state index contributed by atoms with van der Waals surface area (Å²) in [5.74, 6) is 1.29. The van der Waals surface area contributed by atoms with Crippen LogP contribution in [0.3, 0.4) is 0 Å². The molecular weight excluding hydrogens is 589 g/mol. The monoisotopic (exact) mass is 635 g/mol. The average Bonchev–Trinajstić information content (AvgIpc) is 3.35. The Hall–Kier alpha value is -2.60. The minimum absolute atomic E-state index is 0.00367. The van der Waals surface area contributed by atoms with Gasteiger partial charge >= 0.3 is 7.12 Å². The molecule has 1 amide bonds. The molecule has 4 saturated carbocycles. The van der Waals surface area contributed by atoms with Crippen LogP contribution in [0.4, 0.5) is 5.69 Å². The largest absolute Gasteiger partial charge is 0.490 e. The Morgan fingerprint density at radius 1 is 1.11 bits per heavy atom. The second-order valence-corrected chi connectivity index (χ2v) is 16.5. The van der Waals surface area contributed by atoms with Gasteiger partial charge in [-0.25, -0.2) is 8.42 Å². The first-order valence-electron chi connectivity index (χ1n) is 16.6. The molecule has 9 nitrogen and oxygen atoms in total. The summed E-state index contributed by atoms with van der Waals surface area (Å²) in [5.41, 5.74) is 1.52. The van der Waals surface area contributed by atoms with Gasteiger partial charge in [-0.1, -0.05) is 63.4 Å². The molecule has 0 radical (unpaired) electrons. The third-order valence-corrected chi connectivity index (χ3v) is 13.1. The molecular formula is C34H46BN3O6S. The van der Waals surface area contributed by atoms with E-state index < -0.39 is 23.2 Å². The van der Waals surface area contributed by atoms with Crippen molar-refractivity contribution in [2.24, 2.45) is 23.2 Å². The van der Waals surface area contributed by atoms with Crippen molar-refractivity contribution in [3.63, 3.8) is 0 Å². The number of benzene rings is 2. The highest BCUT2D eigenvalue weighted by molar-refractivity contribution is 7.89. The summed E-state index contributed by atoms with van der Waals surface area (Å²) in [6, 6.07) is 13.3. The molecule has 5 fully saturated rings. The van der Waals surface area contributed by atoms with Gasteiger partial charge in [-0.15, -0.1) is 0 Å². The first-order chi connectivity index (χ1) is 21.4. The van der Waals surface area contributed by atoms with E-state index in [1.54, 1.807) is 18.2 Å². The lowest BCUT2D eigenvalue weighted by atomic mass is 9.43. The first-order valence-corrected chi connectivity index (χ1v) is 18.1. The number of hydrogen-bond acceptors (Lipinski definition) is 7. The van der Waals surface area contributed by atoms with Crippen LogP contribution < -0.4 is 19.7 Å². The number of rotatable bonds is 10. The SMILES string of the molecule is CN1CCOc2cc(S(=O)(=O)N[C@@H](Cc3ccccc3)C(=O)N[C@@H](CC3CCC3)B3O[C@@H]4C[C@H]5C[C@H](C5(C)C)[C@]4(C)O3)ccc21. The lowest BCUT2D eigenvalue weighted by molar-refractivity contribution is -0.199. The van der Waals surface area contributed by atoms with Gasteiger partial charge in [-0.05, 0) is 73.5 Å². The minimum atomic E-state index is -4.06. The lowest BCUT2D eigenvalue weighted by Crippen LogP contribution is -2.65. The Labute approximate surface area is 268 Å². The van der Waals surface area contributed by atoms with Gasteiger partial charge < -0.3 is 24.3 Å². The van der Waals surface area contributed by atoms with Crippen LogP contribution in [0.5, 0.6) is 5.75 Å². The van der Waals surface area contributed by atoms with Crippen LogP contribution in [0.15, 0.2) is 53.4 Å². The summed E-state index contributed by atoms with van der Waals surface area (Å²) in [4.78, 5) is 16.3. The van der Waals surface area contributed by atoms with E-state index in [0.717, 1.165) is 49.9 Å². The predicted octanol–water partition coefficient (Wildman–Crippen LogP) is 4.35. The average molecular weight is 636 g/mol. The quantitative estimate of drug-likeness (QED) is 0.374. The van der Waals surface area contributed by atoms with Crippen molar-refractivity contribution in [1.82, 2.24) is 10.0 Å². The normalized spacial score (nSPS) is 29.8. The molecule has 45 heavy (non-hydrogen) atoms. The molecule has 2 heterocycles. The number of amides is 1. The van der Waals surface area contributed by atoms with Gasteiger partial charge in [0.05, 0.1) is 34.8 Å². The molecule has 0 aromatic heterocycles. The van der Waals surface area contributed by atoms with Crippen LogP contribution in [0.1, 0.15) is 64.9 Å². The van der Waals surface area contributed by atoms with Gasteiger partial charge in [0, 0.05) is 13.1 Å². The summed E-state index contributed by atoms with van der Waals surface area (Å²) >= 11 is 0. The molecule has 4 aliphatic carbocycles. The highest BCUT2D eigenvalue weighted by Gasteiger charge is 2.68. The van der Waals surface area contributed by atoms with E-state index in [2.05, 4.69) is 30.8 Å². The fourth-order valence-corrected chi connectivity index (χ4v) is 9.69. The number of nitrogens with zero attached hydrogens (tertiary/aromatic N) is 1. The number of hydrogen-bond donors (Lipinski definition) is 2. The van der Waals surface area contributed by atoms with Gasteiger partial charge in [-0.2, -0.15) is 4.72 Å². The molecule has 8 rings (SSSR count). The summed E-state index contributed by atoms with van der Waals surface area (Å²) in [7, 11) is -2.68. The van der Waals surface area contributed by atoms with Crippen LogP contribution in [0.25, 0.3) is 0 Å². The summed E-state index contributed by atoms with van der Waals surface area (Å²) in [6.45, 7) is 8.07. The van der Waals surface area contributed by atoms with Crippen molar-refractivity contribution >= 4 is 28.7 Å². The lowest BCUT2D eigenvalue weighted by Gasteiger charge is -2.64. The number of fused-ring (bicyclic) bond motifs is 1. The molecule has 2 N–H and O–H groups in total. The Bertz CT molecular complexity index is 1540. The number of carbonyl (C=O) groups excluding carboxylic acids is 1. The number of likely N-dealkylation sites (N-methyl/N-ethyl adjacent to an activating group) is 1. The molecule has 0 spiro atoms. The third-order valence-electron chi connectivity index (χ3n) is 11.7. The van der Waals surface area contributed by atoms with Crippen molar-refractivity contribution in [2.45, 2.75) is 94.3 Å². The fourth-order valence-electron chi connectivity index (χ4n) is 8.48. The van der Waals surface area contributed by atoms with Crippen LogP contribution in [0.2, 0.25) is 0 Å². The zero-order chi connectivity index (χ0) is 31.6. The molecule has 2 aliphatic heterocycles. The summed E-state index contributed by atoms with van der Waals surface area (Å²) in [6.07, 6.45) is 6.50. The van der Waals surface area contributed by atoms with Gasteiger partial charge in [0.2, 0.25) is 15.9 Å². The number of sulfonamides is 1. The fraction of sp³-hybridized carbons (Fsp3) is 0.618. The Morgan fingerprint density at radius 3 is 2.60 bits per heavy atom. The van der Waals surface area contributed by atoms with E-state index in [1.165, 1.54) is 6.42 Å². The van der Waals surface area contributed by atoms with Gasteiger partial charge in [-0.3, -0.25) is 4.79 Å². The van der Waals surface area contributed by atoms with E-state index in [0.29, 0.717) is 30.1 Å². The molecule has 11 heteroatoms. The molecule has 6 aliphatic rings. The number of nitrogens with one attached hydrogen (secondary N) is 2. The van der Waals surface area contributed by atoms with Gasteiger partial charge in [0.25, 0.3) is 0 Å². The predicted molar refractivity (Wildman–Crippen MR) is 173 cm³/mol. The van der Waals surface area contributed by atoms with Crippen LogP contribution in [-0.2, 0) is 30.5 Å². The third kappa shape index (κ3) is 5.68. The maximum atomic E-state index is 14.2. The van der Waals surface area contributed by atoms with Crippen LogP contribution in [0, 0.1) is 23.2 Å². The molecule has 2 aromatic rings. The first kappa shape index (κ1) is 31.0. The van der Waals surface area contributed by atoms with Gasteiger partial charge in [0.15, 0.2) is 0 Å². The van der Waals surface area contributed by atoms with Gasteiger partial charge in [0.1, 0.15) is 18.4 Å². The van der Waals surface area contributed by atoms with E-state index in [-0.39, 0.29) is 40.3 Å². The van der Waals surface area contributed by atoms with Crippen LogP contribution in [-0.4, -0.2) is 65.3 Å². The Morgan fingerprint density at radius 2 is 1.89 bits per heavy atom. The van der Waals surface area contributed by atoms with E-state index in [1.807, 2.05) is 42.3 Å². The van der Waals surface area contributed by atoms with Crippen LogP contribution >= 0.6 is 0 Å². The van der Waals surface area contributed by atoms with Crippen molar-refractivity contribution in [3.05, 3.63) is 54.1 Å². The highest BCUT2D eigenvalue weighted by Crippen LogP contribution is 2.65. The second-order valence-electron chi connectivity index (χ2n) is 14.7. The summed E-state index contributed by atoms with van der Waals surface area (Å²) in [5, 5.41) is 3.24. The number of carbonyl (C=O) groups is 1. The molecule has 6 atom stereocenters. The number of anilines is 1. The van der Waals surface area contributed by atoms with Crippen molar-refractivity contribution in [2.75, 3.05) is 25.1 Å². The van der Waals surface area contributed by atoms with Crippen molar-refractivity contribution in [3.8, 4) is 5.75 Å². The molecule has 0 unspecified atom stereocenters. The molecule has 2 aromatic carbocycles. The zero-order valence-corrected chi connectivity index (χ0v) is 27.6. The zero-order valence-electron chi connectivity index (χ0n) is 26.8. The highest BCUT2D eigenvalue weighted by atomic mass is 32.2. The van der Waals surface area contributed by atoms with E-state index in [4.69, 9.17) is 14.0 Å². The van der Waals surface area contributed by atoms with Crippen molar-refractivity contribution < 1.29 is 27.3 Å². The topological polar surface area (TPSA) is 106 Å². The van der Waals surface area contributed by atoms with E-state index in [9.17, 15) is 13.2 Å². The summed E-state index contributed by atoms with van der Waals surface area (Å²) < 4.78 is 49.5. The smallest absolute Gasteiger partial charge is 0.481 e. The maximum absolute atomic E-state index is 14.2. The minimum Gasteiger partial charge on any atom is -0.490 e. The standard InChI is InChI=1S/C34H46BN3O6S/c1-33(2)24-19-29(33)34(3)30(20-24)43-35(44-34)31(18-23-11-8-12-23)36-32(39)26(17-22-9-6-5-7-10-22)37-45(40,41)25-13-14-27-28(21-25)42-16-15-38(27)4/h5-7,9-10,13-14,21,23-24,26,29-31,37H,8,11-12,15-20H2,1-4H3,(H,36,39)/t24-,26+,29-,30-,31+,34+/m1/s1. The molecule has 2 bridgehead atoms. The maximum Gasteiger partial charge on any atom is 0.481 e. The Balaban J connectivity index is 1.13. The van der Waals surface area contributed by atoms with E-state index >= 15 is 0 Å². The number of ether oxygens (including phenoxy) is 1. The van der Waals surface area contributed by atoms with Crippen molar-refractivity contribution in [1.29, 1.82) is 0 Å². The molecule has 242 valence electrons. The molecule has 1 saturated heterocycles. The second kappa shape index (κ2) is 11.6.